The minimum atomic E-state index is -0.267. The second-order valence-corrected chi connectivity index (χ2v) is 6.82. The lowest BCUT2D eigenvalue weighted by atomic mass is 10.1. The lowest BCUT2D eigenvalue weighted by Crippen LogP contribution is -2.35. The number of aromatic nitrogens is 1. The number of amides is 1. The molecule has 1 heterocycles. The van der Waals surface area contributed by atoms with Crippen molar-refractivity contribution in [2.45, 2.75) is 27.7 Å². The highest BCUT2D eigenvalue weighted by atomic mass is 16.5. The van der Waals surface area contributed by atoms with Gasteiger partial charge in [-0.2, -0.15) is 0 Å². The molecular formula is C23H35N4O4+. The molecule has 170 valence electrons. The van der Waals surface area contributed by atoms with Gasteiger partial charge in [0.05, 0.1) is 47.5 Å². The minimum absolute atomic E-state index is 0.267. The average Bonchev–Trinajstić information content (AvgIpc) is 2.80. The number of H-pyrrole nitrogens is 1. The zero-order chi connectivity index (χ0) is 23.0. The number of carbonyl (C=O) groups is 1. The number of pyridine rings is 1. The van der Waals surface area contributed by atoms with Crippen molar-refractivity contribution in [1.29, 1.82) is 0 Å². The van der Waals surface area contributed by atoms with Crippen LogP contribution in [0.15, 0.2) is 24.3 Å². The molecule has 0 fully saturated rings. The highest BCUT2D eigenvalue weighted by Crippen LogP contribution is 2.38. The Morgan fingerprint density at radius 1 is 0.871 bits per heavy atom. The fourth-order valence-electron chi connectivity index (χ4n) is 3.52. The van der Waals surface area contributed by atoms with E-state index in [1.165, 1.54) is 21.3 Å². The van der Waals surface area contributed by atoms with Crippen LogP contribution in [0.25, 0.3) is 0 Å². The van der Waals surface area contributed by atoms with E-state index in [2.05, 4.69) is 47.8 Å². The molecule has 0 bridgehead atoms. The summed E-state index contributed by atoms with van der Waals surface area (Å²) in [5.41, 5.74) is 1.12. The van der Waals surface area contributed by atoms with Crippen LogP contribution in [0.1, 0.15) is 38.1 Å². The quantitative estimate of drug-likeness (QED) is 0.587. The normalized spacial score (nSPS) is 10.4. The van der Waals surface area contributed by atoms with Crippen molar-refractivity contribution in [3.05, 3.63) is 29.8 Å². The van der Waals surface area contributed by atoms with Crippen LogP contribution in [0.5, 0.6) is 17.2 Å². The van der Waals surface area contributed by atoms with Crippen molar-refractivity contribution in [1.82, 2.24) is 0 Å². The van der Waals surface area contributed by atoms with Crippen molar-refractivity contribution in [2.24, 2.45) is 0 Å². The minimum Gasteiger partial charge on any atom is -0.493 e. The van der Waals surface area contributed by atoms with E-state index in [0.29, 0.717) is 28.5 Å². The van der Waals surface area contributed by atoms with Crippen LogP contribution < -0.4 is 34.3 Å². The number of aromatic amines is 1. The third kappa shape index (κ3) is 5.31. The van der Waals surface area contributed by atoms with Crippen LogP contribution in [0.2, 0.25) is 0 Å². The average molecular weight is 432 g/mol. The Morgan fingerprint density at radius 2 is 1.42 bits per heavy atom. The van der Waals surface area contributed by atoms with Gasteiger partial charge in [-0.05, 0) is 45.9 Å². The summed E-state index contributed by atoms with van der Waals surface area (Å²) in [6.07, 6.45) is 0. The molecule has 1 amide bonds. The van der Waals surface area contributed by atoms with E-state index in [4.69, 9.17) is 14.2 Å². The summed E-state index contributed by atoms with van der Waals surface area (Å²) >= 11 is 0. The molecule has 0 aliphatic rings. The summed E-state index contributed by atoms with van der Waals surface area (Å²) in [5, 5.41) is 3.04. The number of ether oxygens (including phenoxy) is 3. The number of methoxy groups -OCH3 is 3. The molecule has 2 rings (SSSR count). The van der Waals surface area contributed by atoms with Gasteiger partial charge in [-0.1, -0.05) is 0 Å². The first-order chi connectivity index (χ1) is 15.0. The van der Waals surface area contributed by atoms with Crippen LogP contribution in [-0.2, 0) is 0 Å². The standard InChI is InChI=1S/C23H34N4O4/c1-8-26(9-2)20-13-12-17(22(25-20)27(10-3)11-4)24-23(28)16-14-18(29-5)21(31-7)19(15-16)30-6/h12-15H,8-11H2,1-7H3,(H,24,28)/p+1. The van der Waals surface area contributed by atoms with Gasteiger partial charge in [0.2, 0.25) is 17.4 Å². The van der Waals surface area contributed by atoms with Crippen molar-refractivity contribution in [2.75, 3.05) is 62.6 Å². The molecule has 0 aliphatic carbocycles. The molecule has 8 nitrogen and oxygen atoms in total. The van der Waals surface area contributed by atoms with Crippen LogP contribution in [-0.4, -0.2) is 53.4 Å². The SMILES string of the molecule is CCN(CC)c1ccc(NC(=O)c2cc(OC)c(OC)c(OC)c2)c(N(CC)CC)[nH+]1. The number of benzene rings is 1. The smallest absolute Gasteiger partial charge is 0.256 e. The maximum Gasteiger partial charge on any atom is 0.256 e. The van der Waals surface area contributed by atoms with Crippen molar-refractivity contribution in [3.63, 3.8) is 0 Å². The van der Waals surface area contributed by atoms with Crippen molar-refractivity contribution in [3.8, 4) is 17.2 Å². The Balaban J connectivity index is 2.46. The summed E-state index contributed by atoms with van der Waals surface area (Å²) < 4.78 is 16.1. The van der Waals surface area contributed by atoms with Crippen LogP contribution in [0.3, 0.4) is 0 Å². The molecule has 0 spiro atoms. The van der Waals surface area contributed by atoms with Crippen LogP contribution in [0, 0.1) is 0 Å². The van der Waals surface area contributed by atoms with E-state index in [1.807, 2.05) is 12.1 Å². The van der Waals surface area contributed by atoms with Gasteiger partial charge < -0.3 is 19.5 Å². The van der Waals surface area contributed by atoms with Crippen LogP contribution in [0.4, 0.5) is 17.3 Å². The molecular weight excluding hydrogens is 396 g/mol. The van der Waals surface area contributed by atoms with Gasteiger partial charge in [-0.15, -0.1) is 0 Å². The monoisotopic (exact) mass is 431 g/mol. The maximum absolute atomic E-state index is 13.1. The number of hydrogen-bond donors (Lipinski definition) is 1. The fraction of sp³-hybridized carbons (Fsp3) is 0.478. The predicted octanol–water partition coefficient (Wildman–Crippen LogP) is 3.47. The molecule has 0 unspecified atom stereocenters. The Kier molecular flexibility index (Phi) is 8.78. The molecule has 31 heavy (non-hydrogen) atoms. The largest absolute Gasteiger partial charge is 0.493 e. The van der Waals surface area contributed by atoms with Gasteiger partial charge in [0.1, 0.15) is 5.69 Å². The Hall–Kier alpha value is -3.16. The number of hydrogen-bond acceptors (Lipinski definition) is 6. The molecule has 1 aromatic heterocycles. The Bertz CT molecular complexity index is 855. The zero-order valence-electron chi connectivity index (χ0n) is 19.7. The highest BCUT2D eigenvalue weighted by Gasteiger charge is 2.22. The third-order valence-corrected chi connectivity index (χ3v) is 5.27. The molecule has 0 saturated heterocycles. The number of carbonyl (C=O) groups excluding carboxylic acids is 1. The summed E-state index contributed by atoms with van der Waals surface area (Å²) in [6, 6.07) is 7.21. The lowest BCUT2D eigenvalue weighted by molar-refractivity contribution is -0.349. The van der Waals surface area contributed by atoms with E-state index in [9.17, 15) is 4.79 Å². The van der Waals surface area contributed by atoms with E-state index in [1.54, 1.807) is 12.1 Å². The summed E-state index contributed by atoms with van der Waals surface area (Å²) in [4.78, 5) is 21.0. The fourth-order valence-corrected chi connectivity index (χ4v) is 3.52. The molecule has 2 N–H and O–H groups in total. The van der Waals surface area contributed by atoms with Gasteiger partial charge in [0.15, 0.2) is 11.5 Å². The first-order valence-electron chi connectivity index (χ1n) is 10.6. The van der Waals surface area contributed by atoms with Crippen LogP contribution >= 0.6 is 0 Å². The van der Waals surface area contributed by atoms with E-state index in [-0.39, 0.29) is 5.91 Å². The third-order valence-electron chi connectivity index (χ3n) is 5.27. The molecule has 2 aromatic rings. The molecule has 1 aromatic carbocycles. The van der Waals surface area contributed by atoms with Gasteiger partial charge >= 0.3 is 0 Å². The summed E-state index contributed by atoms with van der Waals surface area (Å²) in [7, 11) is 4.58. The van der Waals surface area contributed by atoms with Crippen molar-refractivity contribution < 1.29 is 24.0 Å². The molecule has 8 heteroatoms. The molecule has 0 aliphatic heterocycles. The number of nitrogens with zero attached hydrogens (tertiary/aromatic N) is 2. The lowest BCUT2D eigenvalue weighted by Gasteiger charge is -2.22. The topological polar surface area (TPSA) is 77.4 Å². The van der Waals surface area contributed by atoms with Gasteiger partial charge in [0, 0.05) is 11.6 Å². The molecule has 0 radical (unpaired) electrons. The van der Waals surface area contributed by atoms with E-state index in [0.717, 1.165) is 37.8 Å². The second-order valence-electron chi connectivity index (χ2n) is 6.82. The predicted molar refractivity (Wildman–Crippen MR) is 124 cm³/mol. The number of rotatable bonds is 11. The maximum atomic E-state index is 13.1. The first kappa shape index (κ1) is 24.1. The summed E-state index contributed by atoms with van der Waals surface area (Å²) in [6.45, 7) is 11.8. The number of nitrogens with one attached hydrogen (secondary N) is 2. The number of anilines is 3. The van der Waals surface area contributed by atoms with Crippen molar-refractivity contribution >= 4 is 23.2 Å². The molecule has 0 atom stereocenters. The van der Waals surface area contributed by atoms with Gasteiger partial charge in [-0.25, -0.2) is 4.98 Å². The van der Waals surface area contributed by atoms with Gasteiger partial charge in [-0.3, -0.25) is 14.6 Å². The zero-order valence-corrected chi connectivity index (χ0v) is 19.7. The Labute approximate surface area is 185 Å². The van der Waals surface area contributed by atoms with E-state index >= 15 is 0 Å². The highest BCUT2D eigenvalue weighted by molar-refractivity contribution is 6.06. The van der Waals surface area contributed by atoms with Gasteiger partial charge in [0.25, 0.3) is 5.91 Å². The van der Waals surface area contributed by atoms with E-state index < -0.39 is 0 Å². The molecule has 0 saturated carbocycles. The second kappa shape index (κ2) is 11.3. The first-order valence-corrected chi connectivity index (χ1v) is 10.6. The summed E-state index contributed by atoms with van der Waals surface area (Å²) in [5.74, 6) is 2.92. The Morgan fingerprint density at radius 3 is 1.87 bits per heavy atom.